The lowest BCUT2D eigenvalue weighted by Crippen LogP contribution is -2.21. The maximum Gasteiger partial charge on any atom is 0.257 e. The van der Waals surface area contributed by atoms with Crippen LogP contribution < -0.4 is 0 Å². The SMILES string of the molecule is CC.Cc1ccc(-n2nc3cccc4c3c2CCN(P)C4=O)cc1. The van der Waals surface area contributed by atoms with Gasteiger partial charge in [-0.15, -0.1) is 0 Å². The van der Waals surface area contributed by atoms with E-state index in [1.165, 1.54) is 5.56 Å². The Bertz CT molecular complexity index is 884. The molecule has 1 aromatic heterocycles. The van der Waals surface area contributed by atoms with Gasteiger partial charge in [-0.2, -0.15) is 5.10 Å². The minimum atomic E-state index is 0.0396. The molecule has 1 aliphatic rings. The van der Waals surface area contributed by atoms with Crippen molar-refractivity contribution >= 4 is 26.2 Å². The van der Waals surface area contributed by atoms with E-state index in [0.29, 0.717) is 6.54 Å². The molecule has 1 aliphatic heterocycles. The average molecular weight is 339 g/mol. The van der Waals surface area contributed by atoms with E-state index in [1.54, 1.807) is 4.67 Å². The number of hydrogen-bond donors (Lipinski definition) is 0. The van der Waals surface area contributed by atoms with Gasteiger partial charge in [-0.1, -0.05) is 37.6 Å². The summed E-state index contributed by atoms with van der Waals surface area (Å²) in [5.41, 5.74) is 4.97. The molecule has 0 N–H and O–H groups in total. The van der Waals surface area contributed by atoms with Crippen LogP contribution in [0, 0.1) is 6.92 Å². The monoisotopic (exact) mass is 339 g/mol. The normalized spacial score (nSPS) is 13.5. The van der Waals surface area contributed by atoms with Crippen molar-refractivity contribution in [3.05, 3.63) is 59.3 Å². The number of aromatic nitrogens is 2. The zero-order valence-electron chi connectivity index (χ0n) is 14.3. The third-order valence-electron chi connectivity index (χ3n) is 4.15. The zero-order valence-corrected chi connectivity index (χ0v) is 15.4. The molecule has 0 aliphatic carbocycles. The Hall–Kier alpha value is -2.19. The molecule has 24 heavy (non-hydrogen) atoms. The average Bonchev–Trinajstić information content (AvgIpc) is 2.94. The molecule has 2 heterocycles. The predicted molar refractivity (Wildman–Crippen MR) is 102 cm³/mol. The number of amides is 1. The van der Waals surface area contributed by atoms with Crippen molar-refractivity contribution in [1.29, 1.82) is 0 Å². The number of carbonyl (C=O) groups is 1. The molecule has 0 saturated carbocycles. The van der Waals surface area contributed by atoms with Gasteiger partial charge in [0, 0.05) is 18.4 Å². The molecule has 0 spiro atoms. The van der Waals surface area contributed by atoms with Crippen molar-refractivity contribution in [3.8, 4) is 5.69 Å². The summed E-state index contributed by atoms with van der Waals surface area (Å²) in [6, 6.07) is 14.1. The second-order valence-electron chi connectivity index (χ2n) is 5.64. The molecule has 124 valence electrons. The second-order valence-corrected chi connectivity index (χ2v) is 6.27. The maximum atomic E-state index is 12.5. The van der Waals surface area contributed by atoms with E-state index in [4.69, 9.17) is 5.10 Å². The van der Waals surface area contributed by atoms with Crippen LogP contribution in [0.25, 0.3) is 16.6 Å². The van der Waals surface area contributed by atoms with Crippen LogP contribution in [-0.4, -0.2) is 26.9 Å². The lowest BCUT2D eigenvalue weighted by atomic mass is 10.1. The smallest absolute Gasteiger partial charge is 0.257 e. The van der Waals surface area contributed by atoms with Crippen molar-refractivity contribution in [2.75, 3.05) is 6.54 Å². The van der Waals surface area contributed by atoms with E-state index in [0.717, 1.165) is 34.3 Å². The summed E-state index contributed by atoms with van der Waals surface area (Å²) < 4.78 is 3.68. The van der Waals surface area contributed by atoms with Crippen LogP contribution in [0.1, 0.15) is 35.5 Å². The minimum absolute atomic E-state index is 0.0396. The van der Waals surface area contributed by atoms with Gasteiger partial charge in [-0.3, -0.25) is 4.79 Å². The maximum absolute atomic E-state index is 12.5. The van der Waals surface area contributed by atoms with Crippen LogP contribution in [-0.2, 0) is 6.42 Å². The van der Waals surface area contributed by atoms with Crippen LogP contribution in [0.2, 0.25) is 0 Å². The first-order chi connectivity index (χ1) is 11.6. The Kier molecular flexibility index (Phi) is 4.68. The second kappa shape index (κ2) is 6.74. The van der Waals surface area contributed by atoms with Gasteiger partial charge >= 0.3 is 0 Å². The van der Waals surface area contributed by atoms with Crippen LogP contribution in [0.3, 0.4) is 0 Å². The quantitative estimate of drug-likeness (QED) is 0.625. The number of aryl methyl sites for hydroxylation is 1. The fourth-order valence-electron chi connectivity index (χ4n) is 2.99. The first-order valence-corrected chi connectivity index (χ1v) is 8.81. The van der Waals surface area contributed by atoms with Gasteiger partial charge in [-0.05, 0) is 40.6 Å². The van der Waals surface area contributed by atoms with E-state index >= 15 is 0 Å². The lowest BCUT2D eigenvalue weighted by Gasteiger charge is -2.14. The van der Waals surface area contributed by atoms with E-state index in [9.17, 15) is 4.79 Å². The minimum Gasteiger partial charge on any atom is -0.323 e. The van der Waals surface area contributed by atoms with Crippen LogP contribution in [0.5, 0.6) is 0 Å². The largest absolute Gasteiger partial charge is 0.323 e. The fourth-order valence-corrected chi connectivity index (χ4v) is 3.26. The number of carbonyl (C=O) groups excluding carboxylic acids is 1. The summed E-state index contributed by atoms with van der Waals surface area (Å²) in [6.45, 7) is 6.74. The number of rotatable bonds is 1. The van der Waals surface area contributed by atoms with Crippen molar-refractivity contribution in [2.24, 2.45) is 0 Å². The van der Waals surface area contributed by atoms with Crippen LogP contribution in [0.4, 0.5) is 0 Å². The Morgan fingerprint density at radius 1 is 1.08 bits per heavy atom. The molecular formula is C19H22N3OP. The first kappa shape index (κ1) is 16.7. The molecular weight excluding hydrogens is 317 g/mol. The topological polar surface area (TPSA) is 38.1 Å². The van der Waals surface area contributed by atoms with Crippen LogP contribution >= 0.6 is 9.39 Å². The molecule has 5 heteroatoms. The Morgan fingerprint density at radius 3 is 2.50 bits per heavy atom. The molecule has 0 radical (unpaired) electrons. The van der Waals surface area contributed by atoms with Crippen molar-refractivity contribution in [2.45, 2.75) is 27.2 Å². The van der Waals surface area contributed by atoms with Crippen molar-refractivity contribution < 1.29 is 4.79 Å². The van der Waals surface area contributed by atoms with Gasteiger partial charge in [0.1, 0.15) is 0 Å². The Morgan fingerprint density at radius 2 is 1.79 bits per heavy atom. The van der Waals surface area contributed by atoms with E-state index in [2.05, 4.69) is 40.6 Å². The predicted octanol–water partition coefficient (Wildman–Crippen LogP) is 4.15. The molecule has 2 aromatic carbocycles. The summed E-state index contributed by atoms with van der Waals surface area (Å²) in [7, 11) is 2.52. The molecule has 1 atom stereocenters. The molecule has 3 aromatic rings. The molecule has 4 nitrogen and oxygen atoms in total. The van der Waals surface area contributed by atoms with E-state index in [1.807, 2.05) is 36.7 Å². The lowest BCUT2D eigenvalue weighted by molar-refractivity contribution is 0.0875. The van der Waals surface area contributed by atoms with E-state index in [-0.39, 0.29) is 5.91 Å². The third kappa shape index (κ3) is 2.71. The third-order valence-corrected chi connectivity index (χ3v) is 4.65. The molecule has 0 saturated heterocycles. The standard InChI is InChI=1S/C17H16N3OP.C2H6/c1-11-5-7-12(8-6-11)20-15-9-10-19(22)17(21)13-3-2-4-14(18-20)16(13)15;1-2/h2-8H,9-10,22H2,1H3;1-2H3. The van der Waals surface area contributed by atoms with Gasteiger partial charge in [0.2, 0.25) is 0 Å². The molecule has 1 unspecified atom stereocenters. The summed E-state index contributed by atoms with van der Waals surface area (Å²) in [4.78, 5) is 12.5. The van der Waals surface area contributed by atoms with Gasteiger partial charge in [0.25, 0.3) is 5.91 Å². The zero-order chi connectivity index (χ0) is 17.3. The summed E-state index contributed by atoms with van der Waals surface area (Å²) in [6.07, 6.45) is 0.788. The highest BCUT2D eigenvalue weighted by Crippen LogP contribution is 2.30. The van der Waals surface area contributed by atoms with Crippen molar-refractivity contribution in [3.63, 3.8) is 0 Å². The molecule has 1 amide bonds. The Labute approximate surface area is 144 Å². The highest BCUT2D eigenvalue weighted by molar-refractivity contribution is 7.14. The number of hydrogen-bond acceptors (Lipinski definition) is 2. The number of nitrogens with zero attached hydrogens (tertiary/aromatic N) is 3. The van der Waals surface area contributed by atoms with Crippen molar-refractivity contribution in [1.82, 2.24) is 14.5 Å². The van der Waals surface area contributed by atoms with E-state index < -0.39 is 0 Å². The molecule has 0 bridgehead atoms. The van der Waals surface area contributed by atoms with Crippen LogP contribution in [0.15, 0.2) is 42.5 Å². The van der Waals surface area contributed by atoms with Gasteiger partial charge in [0.05, 0.1) is 22.5 Å². The summed E-state index contributed by atoms with van der Waals surface area (Å²) >= 11 is 0. The van der Waals surface area contributed by atoms with Gasteiger partial charge in [-0.25, -0.2) is 4.68 Å². The van der Waals surface area contributed by atoms with Gasteiger partial charge < -0.3 is 4.67 Å². The molecule has 4 rings (SSSR count). The highest BCUT2D eigenvalue weighted by atomic mass is 31.0. The molecule has 0 fully saturated rings. The van der Waals surface area contributed by atoms with Gasteiger partial charge in [0.15, 0.2) is 0 Å². The first-order valence-electron chi connectivity index (χ1n) is 8.29. The number of benzene rings is 2. The fraction of sp³-hybridized carbons (Fsp3) is 0.263. The summed E-state index contributed by atoms with van der Waals surface area (Å²) in [5.74, 6) is 0.0396. The Balaban J connectivity index is 0.000000815. The highest BCUT2D eigenvalue weighted by Gasteiger charge is 2.25. The summed E-state index contributed by atoms with van der Waals surface area (Å²) in [5, 5.41) is 5.71.